The van der Waals surface area contributed by atoms with Gasteiger partial charge in [0.05, 0.1) is 20.6 Å². The molecule has 0 bridgehead atoms. The Balaban J connectivity index is 2.14. The summed E-state index contributed by atoms with van der Waals surface area (Å²) in [6.07, 6.45) is 1.63. The molecule has 0 N–H and O–H groups in total. The third-order valence-corrected chi connectivity index (χ3v) is 4.41. The topological polar surface area (TPSA) is 38.8 Å². The molecule has 2 atom stereocenters. The van der Waals surface area contributed by atoms with Crippen molar-refractivity contribution in [2.45, 2.75) is 33.6 Å². The van der Waals surface area contributed by atoms with Gasteiger partial charge >= 0.3 is 0 Å². The van der Waals surface area contributed by atoms with Crippen molar-refractivity contribution >= 4 is 5.91 Å². The van der Waals surface area contributed by atoms with Crippen molar-refractivity contribution in [3.05, 3.63) is 23.3 Å². The fraction of sp³-hybridized carbons (Fsp3) is 0.611. The average molecular weight is 305 g/mol. The number of carbonyl (C=O) groups is 1. The Labute approximate surface area is 133 Å². The van der Waals surface area contributed by atoms with Crippen LogP contribution in [-0.4, -0.2) is 38.1 Å². The van der Waals surface area contributed by atoms with Crippen LogP contribution in [0, 0.1) is 18.8 Å². The summed E-state index contributed by atoms with van der Waals surface area (Å²) in [5.74, 6) is 2.75. The maximum absolute atomic E-state index is 12.6. The summed E-state index contributed by atoms with van der Waals surface area (Å²) in [7, 11) is 3.24. The Hall–Kier alpha value is -1.71. The van der Waals surface area contributed by atoms with Gasteiger partial charge in [-0.1, -0.05) is 13.8 Å². The number of amides is 1. The molecule has 22 heavy (non-hydrogen) atoms. The normalized spacial score (nSPS) is 21.6. The molecular formula is C18H27NO3. The number of aryl methyl sites for hydroxylation is 1. The van der Waals surface area contributed by atoms with Gasteiger partial charge in [0, 0.05) is 13.1 Å². The van der Waals surface area contributed by atoms with Gasteiger partial charge in [0.15, 0.2) is 11.5 Å². The highest BCUT2D eigenvalue weighted by Crippen LogP contribution is 2.31. The smallest absolute Gasteiger partial charge is 0.227 e. The summed E-state index contributed by atoms with van der Waals surface area (Å²) in [6, 6.07) is 3.85. The average Bonchev–Trinajstić information content (AvgIpc) is 2.47. The predicted octanol–water partition coefficient (Wildman–Crippen LogP) is 3.06. The first-order chi connectivity index (χ1) is 10.4. The molecule has 1 saturated heterocycles. The maximum atomic E-state index is 12.6. The van der Waals surface area contributed by atoms with E-state index in [-0.39, 0.29) is 5.91 Å². The lowest BCUT2D eigenvalue weighted by Gasteiger charge is -2.35. The SMILES string of the molecule is COc1cc(C)c(CC(=O)N2CC(C)CC(C)C2)cc1OC. The third-order valence-electron chi connectivity index (χ3n) is 4.41. The summed E-state index contributed by atoms with van der Waals surface area (Å²) < 4.78 is 10.6. The van der Waals surface area contributed by atoms with E-state index in [1.54, 1.807) is 14.2 Å². The lowest BCUT2D eigenvalue weighted by molar-refractivity contribution is -0.133. The first-order valence-electron chi connectivity index (χ1n) is 7.93. The van der Waals surface area contributed by atoms with E-state index in [0.29, 0.717) is 29.8 Å². The van der Waals surface area contributed by atoms with E-state index in [4.69, 9.17) is 9.47 Å². The molecule has 1 amide bonds. The number of carbonyl (C=O) groups excluding carboxylic acids is 1. The largest absolute Gasteiger partial charge is 0.493 e. The van der Waals surface area contributed by atoms with Gasteiger partial charge in [-0.2, -0.15) is 0 Å². The number of rotatable bonds is 4. The molecule has 1 aliphatic rings. The number of methoxy groups -OCH3 is 2. The van der Waals surface area contributed by atoms with E-state index in [1.807, 2.05) is 24.0 Å². The van der Waals surface area contributed by atoms with Crippen molar-refractivity contribution in [1.82, 2.24) is 4.90 Å². The van der Waals surface area contributed by atoms with Gasteiger partial charge in [0.2, 0.25) is 5.91 Å². The molecule has 4 heteroatoms. The van der Waals surface area contributed by atoms with Crippen molar-refractivity contribution in [2.24, 2.45) is 11.8 Å². The molecule has 122 valence electrons. The molecular weight excluding hydrogens is 278 g/mol. The lowest BCUT2D eigenvalue weighted by Crippen LogP contribution is -2.43. The Morgan fingerprint density at radius 2 is 1.68 bits per heavy atom. The van der Waals surface area contributed by atoms with Crippen LogP contribution in [0.25, 0.3) is 0 Å². The summed E-state index contributed by atoms with van der Waals surface area (Å²) in [5.41, 5.74) is 2.07. The summed E-state index contributed by atoms with van der Waals surface area (Å²) in [6.45, 7) is 8.19. The van der Waals surface area contributed by atoms with Gasteiger partial charge in [-0.3, -0.25) is 4.79 Å². The second-order valence-electron chi connectivity index (χ2n) is 6.56. The molecule has 0 aliphatic carbocycles. The number of likely N-dealkylation sites (tertiary alicyclic amines) is 1. The minimum absolute atomic E-state index is 0.203. The molecule has 2 rings (SSSR count). The summed E-state index contributed by atoms with van der Waals surface area (Å²) in [4.78, 5) is 14.6. The van der Waals surface area contributed by atoms with Gasteiger partial charge in [0.25, 0.3) is 0 Å². The lowest BCUT2D eigenvalue weighted by atomic mass is 9.91. The zero-order valence-corrected chi connectivity index (χ0v) is 14.3. The van der Waals surface area contributed by atoms with E-state index in [9.17, 15) is 4.79 Å². The van der Waals surface area contributed by atoms with Crippen molar-refractivity contribution in [3.8, 4) is 11.5 Å². The molecule has 4 nitrogen and oxygen atoms in total. The van der Waals surface area contributed by atoms with Crippen LogP contribution in [0.2, 0.25) is 0 Å². The van der Waals surface area contributed by atoms with Crippen LogP contribution in [0.15, 0.2) is 12.1 Å². The van der Waals surface area contributed by atoms with Crippen molar-refractivity contribution < 1.29 is 14.3 Å². The summed E-state index contributed by atoms with van der Waals surface area (Å²) in [5, 5.41) is 0. The Morgan fingerprint density at radius 1 is 1.14 bits per heavy atom. The highest BCUT2D eigenvalue weighted by Gasteiger charge is 2.25. The zero-order chi connectivity index (χ0) is 16.3. The number of hydrogen-bond acceptors (Lipinski definition) is 3. The van der Waals surface area contributed by atoms with Crippen molar-refractivity contribution in [1.29, 1.82) is 0 Å². The molecule has 0 saturated carbocycles. The van der Waals surface area contributed by atoms with Gasteiger partial charge in [-0.05, 0) is 48.4 Å². The fourth-order valence-electron chi connectivity index (χ4n) is 3.35. The number of hydrogen-bond donors (Lipinski definition) is 0. The number of ether oxygens (including phenoxy) is 2. The van der Waals surface area contributed by atoms with Crippen LogP contribution >= 0.6 is 0 Å². The Morgan fingerprint density at radius 3 is 2.23 bits per heavy atom. The van der Waals surface area contributed by atoms with E-state index >= 15 is 0 Å². The second-order valence-corrected chi connectivity index (χ2v) is 6.56. The highest BCUT2D eigenvalue weighted by molar-refractivity contribution is 5.79. The minimum atomic E-state index is 0.203. The number of piperidine rings is 1. The van der Waals surface area contributed by atoms with Crippen LogP contribution in [0.3, 0.4) is 0 Å². The fourth-order valence-corrected chi connectivity index (χ4v) is 3.35. The highest BCUT2D eigenvalue weighted by atomic mass is 16.5. The molecule has 1 aromatic rings. The number of nitrogens with zero attached hydrogens (tertiary/aromatic N) is 1. The molecule has 0 spiro atoms. The van der Waals surface area contributed by atoms with Crippen LogP contribution < -0.4 is 9.47 Å². The van der Waals surface area contributed by atoms with Crippen molar-refractivity contribution in [3.63, 3.8) is 0 Å². The van der Waals surface area contributed by atoms with Crippen molar-refractivity contribution in [2.75, 3.05) is 27.3 Å². The third kappa shape index (κ3) is 3.73. The number of benzene rings is 1. The molecule has 1 aliphatic heterocycles. The van der Waals surface area contributed by atoms with Crippen LogP contribution in [-0.2, 0) is 11.2 Å². The zero-order valence-electron chi connectivity index (χ0n) is 14.3. The maximum Gasteiger partial charge on any atom is 0.227 e. The monoisotopic (exact) mass is 305 g/mol. The first kappa shape index (κ1) is 16.7. The van der Waals surface area contributed by atoms with Crippen LogP contribution in [0.4, 0.5) is 0 Å². The standard InChI is InChI=1S/C18H27NO3/c1-12-6-13(2)11-19(10-12)18(20)9-15-8-17(22-5)16(21-4)7-14(15)3/h7-8,12-13H,6,9-11H2,1-5H3. The van der Waals surface area contributed by atoms with E-state index in [0.717, 1.165) is 24.2 Å². The minimum Gasteiger partial charge on any atom is -0.493 e. The first-order valence-corrected chi connectivity index (χ1v) is 7.93. The Kier molecular flexibility index (Phi) is 5.33. The molecule has 1 fully saturated rings. The van der Waals surface area contributed by atoms with Crippen LogP contribution in [0.1, 0.15) is 31.4 Å². The molecule has 0 radical (unpaired) electrons. The van der Waals surface area contributed by atoms with E-state index in [2.05, 4.69) is 13.8 Å². The van der Waals surface area contributed by atoms with E-state index < -0.39 is 0 Å². The van der Waals surface area contributed by atoms with Gasteiger partial charge in [-0.25, -0.2) is 0 Å². The van der Waals surface area contributed by atoms with Crippen LogP contribution in [0.5, 0.6) is 11.5 Å². The van der Waals surface area contributed by atoms with E-state index in [1.165, 1.54) is 6.42 Å². The quantitative estimate of drug-likeness (QED) is 0.858. The van der Waals surface area contributed by atoms with Gasteiger partial charge in [-0.15, -0.1) is 0 Å². The second kappa shape index (κ2) is 7.03. The molecule has 0 aromatic heterocycles. The van der Waals surface area contributed by atoms with Gasteiger partial charge in [0.1, 0.15) is 0 Å². The Bertz CT molecular complexity index is 531. The molecule has 1 heterocycles. The predicted molar refractivity (Wildman–Crippen MR) is 87.5 cm³/mol. The summed E-state index contributed by atoms with van der Waals surface area (Å²) >= 11 is 0. The molecule has 1 aromatic carbocycles. The molecule has 2 unspecified atom stereocenters. The van der Waals surface area contributed by atoms with Gasteiger partial charge < -0.3 is 14.4 Å².